The minimum Gasteiger partial charge on any atom is -0.454 e. The summed E-state index contributed by atoms with van der Waals surface area (Å²) in [5.41, 5.74) is 6.47. The van der Waals surface area contributed by atoms with Crippen LogP contribution in [-0.4, -0.2) is 18.5 Å². The summed E-state index contributed by atoms with van der Waals surface area (Å²) in [4.78, 5) is 0. The van der Waals surface area contributed by atoms with Gasteiger partial charge in [-0.05, 0) is 6.07 Å². The van der Waals surface area contributed by atoms with Gasteiger partial charge in [0.1, 0.15) is 0 Å². The molecule has 2 rings (SSSR count). The molecule has 0 radical (unpaired) electrons. The zero-order valence-electron chi connectivity index (χ0n) is 7.06. The Hall–Kier alpha value is -1.26. The average Bonchev–Trinajstić information content (AvgIpc) is 2.63. The Balaban J connectivity index is 2.41. The van der Waals surface area contributed by atoms with Crippen molar-refractivity contribution in [1.82, 2.24) is 0 Å². The quantitative estimate of drug-likeness (QED) is 0.693. The van der Waals surface area contributed by atoms with Crippen molar-refractivity contribution in [2.45, 2.75) is 6.04 Å². The molecule has 0 aromatic heterocycles. The number of benzene rings is 1. The van der Waals surface area contributed by atoms with E-state index in [2.05, 4.69) is 0 Å². The summed E-state index contributed by atoms with van der Waals surface area (Å²) in [6.45, 7) is 0.129. The molecule has 0 saturated carbocycles. The first-order valence-corrected chi connectivity index (χ1v) is 4.08. The smallest absolute Gasteiger partial charge is 0.231 e. The summed E-state index contributed by atoms with van der Waals surface area (Å²) in [6.07, 6.45) is 0. The standard InChI is InChI=1S/C9H11NO3/c10-7(4-11)6-2-1-3-8-9(6)13-5-12-8/h1-3,7,11H,4-5,10H2. The van der Waals surface area contributed by atoms with Crippen LogP contribution in [0, 0.1) is 0 Å². The number of rotatable bonds is 2. The summed E-state index contributed by atoms with van der Waals surface area (Å²) >= 11 is 0. The summed E-state index contributed by atoms with van der Waals surface area (Å²) in [5.74, 6) is 1.35. The number of aliphatic hydroxyl groups is 1. The molecule has 1 heterocycles. The molecule has 0 saturated heterocycles. The number of ether oxygens (including phenoxy) is 2. The molecular formula is C9H11NO3. The molecule has 0 spiro atoms. The fraction of sp³-hybridized carbons (Fsp3) is 0.333. The minimum atomic E-state index is -0.406. The molecule has 4 nitrogen and oxygen atoms in total. The summed E-state index contributed by atoms with van der Waals surface area (Å²) in [7, 11) is 0. The van der Waals surface area contributed by atoms with E-state index < -0.39 is 6.04 Å². The van der Waals surface area contributed by atoms with Crippen LogP contribution in [0.15, 0.2) is 18.2 Å². The summed E-state index contributed by atoms with van der Waals surface area (Å²) in [6, 6.07) is 5.07. The Labute approximate surface area is 75.9 Å². The predicted molar refractivity (Wildman–Crippen MR) is 46.6 cm³/mol. The van der Waals surface area contributed by atoms with Gasteiger partial charge in [-0.15, -0.1) is 0 Å². The van der Waals surface area contributed by atoms with E-state index in [1.165, 1.54) is 0 Å². The van der Waals surface area contributed by atoms with Gasteiger partial charge in [0, 0.05) is 5.56 Å². The van der Waals surface area contributed by atoms with E-state index in [-0.39, 0.29) is 13.4 Å². The van der Waals surface area contributed by atoms with Crippen LogP contribution >= 0.6 is 0 Å². The Morgan fingerprint density at radius 3 is 3.08 bits per heavy atom. The highest BCUT2D eigenvalue weighted by Crippen LogP contribution is 2.37. The molecule has 1 aliphatic rings. The lowest BCUT2D eigenvalue weighted by atomic mass is 10.1. The van der Waals surface area contributed by atoms with Gasteiger partial charge >= 0.3 is 0 Å². The molecule has 13 heavy (non-hydrogen) atoms. The van der Waals surface area contributed by atoms with Crippen LogP contribution in [0.2, 0.25) is 0 Å². The first-order valence-electron chi connectivity index (χ1n) is 4.08. The van der Waals surface area contributed by atoms with Crippen LogP contribution in [0.25, 0.3) is 0 Å². The van der Waals surface area contributed by atoms with Crippen molar-refractivity contribution in [2.75, 3.05) is 13.4 Å². The SMILES string of the molecule is NC(CO)c1cccc2c1OCO2. The van der Waals surface area contributed by atoms with E-state index in [4.69, 9.17) is 20.3 Å². The van der Waals surface area contributed by atoms with Crippen LogP contribution in [0.1, 0.15) is 11.6 Å². The Bertz CT molecular complexity index is 314. The van der Waals surface area contributed by atoms with Crippen LogP contribution < -0.4 is 15.2 Å². The lowest BCUT2D eigenvalue weighted by Crippen LogP contribution is -2.14. The van der Waals surface area contributed by atoms with Crippen molar-refractivity contribution >= 4 is 0 Å². The van der Waals surface area contributed by atoms with Crippen LogP contribution in [0.3, 0.4) is 0 Å². The van der Waals surface area contributed by atoms with Crippen molar-refractivity contribution in [3.8, 4) is 11.5 Å². The second kappa shape index (κ2) is 3.24. The normalized spacial score (nSPS) is 15.8. The van der Waals surface area contributed by atoms with E-state index in [0.29, 0.717) is 11.5 Å². The Kier molecular flexibility index (Phi) is 2.08. The van der Waals surface area contributed by atoms with Gasteiger partial charge in [0.05, 0.1) is 12.6 Å². The van der Waals surface area contributed by atoms with E-state index in [9.17, 15) is 0 Å². The van der Waals surface area contributed by atoms with Gasteiger partial charge in [-0.3, -0.25) is 0 Å². The molecule has 3 N–H and O–H groups in total. The fourth-order valence-corrected chi connectivity index (χ4v) is 1.34. The maximum atomic E-state index is 8.90. The van der Waals surface area contributed by atoms with Gasteiger partial charge in [0.25, 0.3) is 0 Å². The predicted octanol–water partition coefficient (Wildman–Crippen LogP) is 0.407. The van der Waals surface area contributed by atoms with E-state index >= 15 is 0 Å². The zero-order chi connectivity index (χ0) is 9.26. The summed E-state index contributed by atoms with van der Waals surface area (Å²) in [5, 5.41) is 8.90. The van der Waals surface area contributed by atoms with E-state index in [0.717, 1.165) is 5.56 Å². The first-order chi connectivity index (χ1) is 6.33. The third-order valence-electron chi connectivity index (χ3n) is 2.02. The highest BCUT2D eigenvalue weighted by Gasteiger charge is 2.20. The number of nitrogens with two attached hydrogens (primary N) is 1. The molecule has 0 bridgehead atoms. The van der Waals surface area contributed by atoms with E-state index in [1.807, 2.05) is 18.2 Å². The fourth-order valence-electron chi connectivity index (χ4n) is 1.34. The van der Waals surface area contributed by atoms with Crippen molar-refractivity contribution in [2.24, 2.45) is 5.73 Å². The lowest BCUT2D eigenvalue weighted by molar-refractivity contribution is 0.172. The number of hydrogen-bond acceptors (Lipinski definition) is 4. The largest absolute Gasteiger partial charge is 0.454 e. The number of aliphatic hydroxyl groups excluding tert-OH is 1. The maximum Gasteiger partial charge on any atom is 0.231 e. The minimum absolute atomic E-state index is 0.0974. The van der Waals surface area contributed by atoms with Gasteiger partial charge in [0.15, 0.2) is 11.5 Å². The topological polar surface area (TPSA) is 64.7 Å². The second-order valence-corrected chi connectivity index (χ2v) is 2.87. The van der Waals surface area contributed by atoms with Crippen molar-refractivity contribution < 1.29 is 14.6 Å². The molecule has 0 fully saturated rings. The zero-order valence-corrected chi connectivity index (χ0v) is 7.06. The number of hydrogen-bond donors (Lipinski definition) is 2. The van der Waals surface area contributed by atoms with Gasteiger partial charge < -0.3 is 20.3 Å². The van der Waals surface area contributed by atoms with Gasteiger partial charge in [-0.1, -0.05) is 12.1 Å². The average molecular weight is 181 g/mol. The molecule has 1 aromatic carbocycles. The Morgan fingerprint density at radius 1 is 1.46 bits per heavy atom. The molecule has 1 aliphatic heterocycles. The Morgan fingerprint density at radius 2 is 2.31 bits per heavy atom. The highest BCUT2D eigenvalue weighted by atomic mass is 16.7. The van der Waals surface area contributed by atoms with Gasteiger partial charge in [-0.2, -0.15) is 0 Å². The highest BCUT2D eigenvalue weighted by molar-refractivity contribution is 5.49. The summed E-state index contributed by atoms with van der Waals surface area (Å²) < 4.78 is 10.4. The van der Waals surface area contributed by atoms with Crippen LogP contribution in [0.4, 0.5) is 0 Å². The molecule has 0 aliphatic carbocycles. The number of para-hydroxylation sites is 1. The maximum absolute atomic E-state index is 8.90. The molecule has 1 unspecified atom stereocenters. The first kappa shape index (κ1) is 8.34. The third-order valence-corrected chi connectivity index (χ3v) is 2.02. The van der Waals surface area contributed by atoms with Crippen LogP contribution in [0.5, 0.6) is 11.5 Å². The molecule has 70 valence electrons. The molecule has 1 atom stereocenters. The molecular weight excluding hydrogens is 170 g/mol. The van der Waals surface area contributed by atoms with Gasteiger partial charge in [-0.25, -0.2) is 0 Å². The second-order valence-electron chi connectivity index (χ2n) is 2.87. The molecule has 0 amide bonds. The monoisotopic (exact) mass is 181 g/mol. The van der Waals surface area contributed by atoms with Gasteiger partial charge in [0.2, 0.25) is 6.79 Å². The van der Waals surface area contributed by atoms with Crippen molar-refractivity contribution in [3.05, 3.63) is 23.8 Å². The van der Waals surface area contributed by atoms with E-state index in [1.54, 1.807) is 0 Å². The number of fused-ring (bicyclic) bond motifs is 1. The van der Waals surface area contributed by atoms with Crippen molar-refractivity contribution in [3.63, 3.8) is 0 Å². The third kappa shape index (κ3) is 1.34. The van der Waals surface area contributed by atoms with Crippen LogP contribution in [-0.2, 0) is 0 Å². The van der Waals surface area contributed by atoms with Crippen molar-refractivity contribution in [1.29, 1.82) is 0 Å². The molecule has 4 heteroatoms. The lowest BCUT2D eigenvalue weighted by Gasteiger charge is -2.10. The molecule has 1 aromatic rings.